The summed E-state index contributed by atoms with van der Waals surface area (Å²) in [6.45, 7) is 2.02. The van der Waals surface area contributed by atoms with Crippen LogP contribution in [0.1, 0.15) is 30.2 Å². The second-order valence-corrected chi connectivity index (χ2v) is 3.97. The van der Waals surface area contributed by atoms with Gasteiger partial charge in [-0.15, -0.1) is 11.8 Å². The van der Waals surface area contributed by atoms with Crippen LogP contribution in [0.25, 0.3) is 0 Å². The van der Waals surface area contributed by atoms with E-state index in [0.717, 1.165) is 29.1 Å². The van der Waals surface area contributed by atoms with E-state index in [0.29, 0.717) is 5.56 Å². The minimum atomic E-state index is -0.0499. The van der Waals surface area contributed by atoms with Gasteiger partial charge in [0.25, 0.3) is 0 Å². The Kier molecular flexibility index (Phi) is 4.60. The first-order chi connectivity index (χ1) is 7.26. The van der Waals surface area contributed by atoms with Crippen LogP contribution in [0.15, 0.2) is 11.1 Å². The monoisotopic (exact) mass is 222 g/mol. The van der Waals surface area contributed by atoms with E-state index < -0.39 is 0 Å². The van der Waals surface area contributed by atoms with E-state index in [1.807, 2.05) is 6.26 Å². The Morgan fingerprint density at radius 1 is 1.60 bits per heavy atom. The topological polar surface area (TPSA) is 56.9 Å². The number of aromatic nitrogens is 1. The highest BCUT2D eigenvalue weighted by atomic mass is 32.2. The number of nitrogens with zero attached hydrogens (tertiary/aromatic N) is 2. The largest absolute Gasteiger partial charge is 0.392 e. The molecule has 15 heavy (non-hydrogen) atoms. The molecular formula is C11H14N2OS. The normalized spacial score (nSPS) is 10.0. The van der Waals surface area contributed by atoms with Gasteiger partial charge < -0.3 is 5.11 Å². The predicted molar refractivity (Wildman–Crippen MR) is 60.7 cm³/mol. The van der Waals surface area contributed by atoms with Gasteiger partial charge in [-0.1, -0.05) is 13.3 Å². The highest BCUT2D eigenvalue weighted by Gasteiger charge is 2.09. The smallest absolute Gasteiger partial charge is 0.114 e. The van der Waals surface area contributed by atoms with Gasteiger partial charge in [0.2, 0.25) is 0 Å². The number of aryl methyl sites for hydroxylation is 1. The Morgan fingerprint density at radius 3 is 2.80 bits per heavy atom. The van der Waals surface area contributed by atoms with Crippen LogP contribution in [0.3, 0.4) is 0 Å². The lowest BCUT2D eigenvalue weighted by Gasteiger charge is -2.08. The molecule has 0 fully saturated rings. The molecule has 1 aromatic heterocycles. The fourth-order valence-electron chi connectivity index (χ4n) is 1.40. The summed E-state index contributed by atoms with van der Waals surface area (Å²) in [5.41, 5.74) is 2.22. The van der Waals surface area contributed by atoms with Gasteiger partial charge in [-0.3, -0.25) is 0 Å². The van der Waals surface area contributed by atoms with Crippen molar-refractivity contribution in [2.75, 3.05) is 6.26 Å². The molecule has 0 atom stereocenters. The van der Waals surface area contributed by atoms with E-state index in [-0.39, 0.29) is 6.61 Å². The molecule has 0 radical (unpaired) electrons. The molecule has 3 nitrogen and oxygen atoms in total. The molecule has 0 aliphatic heterocycles. The number of hydrogen-bond donors (Lipinski definition) is 1. The van der Waals surface area contributed by atoms with E-state index in [2.05, 4.69) is 18.0 Å². The molecule has 1 heterocycles. The number of pyridine rings is 1. The lowest BCUT2D eigenvalue weighted by molar-refractivity contribution is 0.279. The van der Waals surface area contributed by atoms with E-state index in [9.17, 15) is 5.11 Å². The summed E-state index contributed by atoms with van der Waals surface area (Å²) < 4.78 is 0. The summed E-state index contributed by atoms with van der Waals surface area (Å²) >= 11 is 1.46. The third-order valence-corrected chi connectivity index (χ3v) is 2.82. The van der Waals surface area contributed by atoms with E-state index in [4.69, 9.17) is 5.26 Å². The van der Waals surface area contributed by atoms with Gasteiger partial charge in [0.1, 0.15) is 11.1 Å². The zero-order chi connectivity index (χ0) is 11.3. The van der Waals surface area contributed by atoms with Crippen molar-refractivity contribution in [3.63, 3.8) is 0 Å². The van der Waals surface area contributed by atoms with Crippen molar-refractivity contribution in [3.05, 3.63) is 22.9 Å². The first-order valence-corrected chi connectivity index (χ1v) is 6.07. The number of rotatable bonds is 4. The van der Waals surface area contributed by atoms with Gasteiger partial charge in [0, 0.05) is 11.3 Å². The van der Waals surface area contributed by atoms with Crippen molar-refractivity contribution in [3.8, 4) is 6.07 Å². The molecule has 1 aromatic rings. The minimum absolute atomic E-state index is 0.0499. The minimum Gasteiger partial charge on any atom is -0.392 e. The van der Waals surface area contributed by atoms with Crippen LogP contribution < -0.4 is 0 Å². The summed E-state index contributed by atoms with van der Waals surface area (Å²) in [4.78, 5) is 4.40. The van der Waals surface area contributed by atoms with Crippen LogP contribution in [-0.4, -0.2) is 16.3 Å². The number of thioether (sulfide) groups is 1. The van der Waals surface area contributed by atoms with Gasteiger partial charge >= 0.3 is 0 Å². The molecule has 1 N–H and O–H groups in total. The number of aliphatic hydroxyl groups is 1. The molecule has 0 aliphatic rings. The molecule has 0 bridgehead atoms. The van der Waals surface area contributed by atoms with Gasteiger partial charge in [-0.2, -0.15) is 5.26 Å². The molecular weight excluding hydrogens is 208 g/mol. The lowest BCUT2D eigenvalue weighted by Crippen LogP contribution is -2.01. The van der Waals surface area contributed by atoms with Crippen LogP contribution in [-0.2, 0) is 13.0 Å². The van der Waals surface area contributed by atoms with Crippen LogP contribution in [0.2, 0.25) is 0 Å². The quantitative estimate of drug-likeness (QED) is 0.793. The molecule has 0 saturated carbocycles. The third-order valence-electron chi connectivity index (χ3n) is 2.13. The Hall–Kier alpha value is -1.05. The Bertz CT molecular complexity index is 385. The van der Waals surface area contributed by atoms with Gasteiger partial charge in [0.15, 0.2) is 0 Å². The maximum atomic E-state index is 9.17. The second kappa shape index (κ2) is 5.74. The van der Waals surface area contributed by atoms with Crippen molar-refractivity contribution < 1.29 is 5.11 Å². The highest BCUT2D eigenvalue weighted by molar-refractivity contribution is 7.98. The maximum Gasteiger partial charge on any atom is 0.114 e. The van der Waals surface area contributed by atoms with Crippen molar-refractivity contribution in [2.45, 2.75) is 31.4 Å². The highest BCUT2D eigenvalue weighted by Crippen LogP contribution is 2.21. The van der Waals surface area contributed by atoms with Crippen LogP contribution in [0.5, 0.6) is 0 Å². The molecule has 0 aliphatic carbocycles. The van der Waals surface area contributed by atoms with Gasteiger partial charge in [-0.05, 0) is 18.7 Å². The summed E-state index contributed by atoms with van der Waals surface area (Å²) in [5, 5.41) is 18.8. The lowest BCUT2D eigenvalue weighted by atomic mass is 10.1. The fraction of sp³-hybridized carbons (Fsp3) is 0.455. The summed E-state index contributed by atoms with van der Waals surface area (Å²) in [6, 6.07) is 3.84. The van der Waals surface area contributed by atoms with Crippen molar-refractivity contribution in [2.24, 2.45) is 0 Å². The molecule has 80 valence electrons. The number of nitriles is 1. The SMILES string of the molecule is CCCc1nc(SC)c(C#N)cc1CO. The molecule has 0 unspecified atom stereocenters. The summed E-state index contributed by atoms with van der Waals surface area (Å²) in [5.74, 6) is 0. The van der Waals surface area contributed by atoms with Crippen LogP contribution in [0, 0.1) is 11.3 Å². The Morgan fingerprint density at radius 2 is 2.33 bits per heavy atom. The van der Waals surface area contributed by atoms with E-state index >= 15 is 0 Å². The number of aliphatic hydroxyl groups excluding tert-OH is 1. The first-order valence-electron chi connectivity index (χ1n) is 4.84. The van der Waals surface area contributed by atoms with Crippen molar-refractivity contribution in [1.29, 1.82) is 5.26 Å². The van der Waals surface area contributed by atoms with Crippen molar-refractivity contribution in [1.82, 2.24) is 4.98 Å². The standard InChI is InChI=1S/C11H14N2OS/c1-3-4-10-9(7-14)5-8(6-12)11(13-10)15-2/h5,14H,3-4,7H2,1-2H3. The average Bonchev–Trinajstić information content (AvgIpc) is 2.28. The van der Waals surface area contributed by atoms with Crippen LogP contribution >= 0.6 is 11.8 Å². The first kappa shape index (κ1) is 12.0. The second-order valence-electron chi connectivity index (χ2n) is 3.17. The van der Waals surface area contributed by atoms with E-state index in [1.54, 1.807) is 6.07 Å². The number of hydrogen-bond acceptors (Lipinski definition) is 4. The Labute approximate surface area is 94.2 Å². The molecule has 4 heteroatoms. The zero-order valence-corrected chi connectivity index (χ0v) is 9.77. The fourth-order valence-corrected chi connectivity index (χ4v) is 1.93. The summed E-state index contributed by atoms with van der Waals surface area (Å²) in [6.07, 6.45) is 3.73. The molecule has 0 spiro atoms. The molecule has 1 rings (SSSR count). The molecule has 0 amide bonds. The van der Waals surface area contributed by atoms with Gasteiger partial charge in [-0.25, -0.2) is 4.98 Å². The predicted octanol–water partition coefficient (Wildman–Crippen LogP) is 2.12. The zero-order valence-electron chi connectivity index (χ0n) is 8.95. The van der Waals surface area contributed by atoms with Crippen LogP contribution in [0.4, 0.5) is 0 Å². The van der Waals surface area contributed by atoms with Crippen molar-refractivity contribution >= 4 is 11.8 Å². The summed E-state index contributed by atoms with van der Waals surface area (Å²) in [7, 11) is 0. The molecule has 0 saturated heterocycles. The molecule has 0 aromatic carbocycles. The Balaban J connectivity index is 3.22. The maximum absolute atomic E-state index is 9.17. The average molecular weight is 222 g/mol. The third kappa shape index (κ3) is 2.71. The van der Waals surface area contributed by atoms with E-state index in [1.165, 1.54) is 11.8 Å². The van der Waals surface area contributed by atoms with Gasteiger partial charge in [0.05, 0.1) is 12.2 Å².